The molecule has 1 rings (SSSR count). The van der Waals surface area contributed by atoms with Crippen molar-refractivity contribution in [3.8, 4) is 0 Å². The molecule has 0 saturated carbocycles. The summed E-state index contributed by atoms with van der Waals surface area (Å²) in [7, 11) is -4.27. The summed E-state index contributed by atoms with van der Waals surface area (Å²) in [6.45, 7) is 2.04. The van der Waals surface area contributed by atoms with E-state index < -0.39 is 10.2 Å². The lowest BCUT2D eigenvalue weighted by Crippen LogP contribution is -1.98. The first kappa shape index (κ1) is 13.2. The summed E-state index contributed by atoms with van der Waals surface area (Å²) in [5.74, 6) is -0.346. The normalized spacial score (nSPS) is 11.6. The second kappa shape index (κ2) is 5.99. The van der Waals surface area contributed by atoms with Crippen LogP contribution in [0.4, 0.5) is 3.89 Å². The zero-order valence-corrected chi connectivity index (χ0v) is 10.3. The van der Waals surface area contributed by atoms with E-state index in [2.05, 4.69) is 24.3 Å². The second-order valence-electron chi connectivity index (χ2n) is 4.04. The highest BCUT2D eigenvalue weighted by Crippen LogP contribution is 2.09. The fourth-order valence-electron chi connectivity index (χ4n) is 1.54. The Balaban J connectivity index is 2.19. The first-order valence-corrected chi connectivity index (χ1v) is 7.00. The Kier molecular flexibility index (Phi) is 4.93. The molecule has 0 atom stereocenters. The van der Waals surface area contributed by atoms with Crippen LogP contribution in [0.25, 0.3) is 0 Å². The van der Waals surface area contributed by atoms with Crippen LogP contribution in [-0.2, 0) is 16.6 Å². The lowest BCUT2D eigenvalue weighted by Gasteiger charge is -2.01. The van der Waals surface area contributed by atoms with Crippen molar-refractivity contribution < 1.29 is 12.3 Å². The molecule has 0 aliphatic heterocycles. The summed E-state index contributed by atoms with van der Waals surface area (Å²) in [5, 5.41) is 0. The average molecular weight is 244 g/mol. The van der Waals surface area contributed by atoms with Gasteiger partial charge in [0, 0.05) is 0 Å². The topological polar surface area (TPSA) is 34.1 Å². The van der Waals surface area contributed by atoms with Gasteiger partial charge in [0.15, 0.2) is 0 Å². The van der Waals surface area contributed by atoms with E-state index in [0.29, 0.717) is 6.42 Å². The Morgan fingerprint density at radius 3 is 2.25 bits per heavy atom. The van der Waals surface area contributed by atoms with Gasteiger partial charge in [0.25, 0.3) is 0 Å². The molecule has 0 unspecified atom stereocenters. The van der Waals surface area contributed by atoms with Gasteiger partial charge in [-0.25, -0.2) is 0 Å². The van der Waals surface area contributed by atoms with Crippen molar-refractivity contribution in [2.75, 3.05) is 5.75 Å². The number of unbranched alkanes of at least 4 members (excludes halogenated alkanes) is 2. The highest BCUT2D eigenvalue weighted by molar-refractivity contribution is 7.86. The fraction of sp³-hybridized carbons (Fsp3) is 0.500. The van der Waals surface area contributed by atoms with Crippen LogP contribution >= 0.6 is 0 Å². The lowest BCUT2D eigenvalue weighted by molar-refractivity contribution is 0.546. The van der Waals surface area contributed by atoms with Crippen molar-refractivity contribution >= 4 is 10.2 Å². The molecule has 0 fully saturated rings. The Labute approximate surface area is 96.7 Å². The summed E-state index contributed by atoms with van der Waals surface area (Å²) in [4.78, 5) is 0. The maximum atomic E-state index is 12.2. The van der Waals surface area contributed by atoms with Crippen LogP contribution in [0.1, 0.15) is 30.4 Å². The van der Waals surface area contributed by atoms with Crippen molar-refractivity contribution in [1.82, 2.24) is 0 Å². The van der Waals surface area contributed by atoms with Gasteiger partial charge in [-0.05, 0) is 31.7 Å². The smallest absolute Gasteiger partial charge is 0.195 e. The molecule has 4 heteroatoms. The minimum absolute atomic E-state index is 0.346. The third-order valence-electron chi connectivity index (χ3n) is 2.47. The van der Waals surface area contributed by atoms with E-state index in [4.69, 9.17) is 0 Å². The van der Waals surface area contributed by atoms with Gasteiger partial charge in [-0.3, -0.25) is 0 Å². The van der Waals surface area contributed by atoms with Crippen LogP contribution in [0.15, 0.2) is 24.3 Å². The molecule has 16 heavy (non-hydrogen) atoms. The second-order valence-corrected chi connectivity index (χ2v) is 5.53. The third kappa shape index (κ3) is 5.85. The molecule has 0 heterocycles. The van der Waals surface area contributed by atoms with E-state index in [1.807, 2.05) is 6.92 Å². The Hall–Kier alpha value is -0.900. The zero-order chi connectivity index (χ0) is 12.0. The summed E-state index contributed by atoms with van der Waals surface area (Å²) >= 11 is 0. The maximum absolute atomic E-state index is 12.2. The minimum atomic E-state index is -4.27. The van der Waals surface area contributed by atoms with Crippen LogP contribution in [0.2, 0.25) is 0 Å². The molecule has 0 aromatic heterocycles. The molecule has 0 saturated heterocycles. The average Bonchev–Trinajstić information content (AvgIpc) is 2.19. The van der Waals surface area contributed by atoms with Crippen molar-refractivity contribution in [1.29, 1.82) is 0 Å². The van der Waals surface area contributed by atoms with Gasteiger partial charge in [0.05, 0.1) is 5.75 Å². The molecule has 1 aromatic rings. The molecule has 0 aliphatic rings. The van der Waals surface area contributed by atoms with Gasteiger partial charge in [-0.2, -0.15) is 8.42 Å². The van der Waals surface area contributed by atoms with E-state index in [1.54, 1.807) is 0 Å². The van der Waals surface area contributed by atoms with Crippen LogP contribution in [-0.4, -0.2) is 14.2 Å². The standard InChI is InChI=1S/C12H17FO2S/c1-11-6-8-12(9-7-11)5-3-2-4-10-16(13,14)15/h6-9H,2-5,10H2,1H3. The van der Waals surface area contributed by atoms with Gasteiger partial charge in [-0.15, -0.1) is 3.89 Å². The quantitative estimate of drug-likeness (QED) is 0.569. The van der Waals surface area contributed by atoms with Crippen molar-refractivity contribution in [3.63, 3.8) is 0 Å². The number of hydrogen-bond donors (Lipinski definition) is 0. The van der Waals surface area contributed by atoms with Crippen LogP contribution in [0.5, 0.6) is 0 Å². The molecule has 0 aliphatic carbocycles. The molecular weight excluding hydrogens is 227 g/mol. The van der Waals surface area contributed by atoms with Crippen molar-refractivity contribution in [3.05, 3.63) is 35.4 Å². The molecule has 0 bridgehead atoms. The van der Waals surface area contributed by atoms with Crippen molar-refractivity contribution in [2.45, 2.75) is 32.6 Å². The SMILES string of the molecule is Cc1ccc(CCCCCS(=O)(=O)F)cc1. The minimum Gasteiger partial charge on any atom is -0.195 e. The largest absolute Gasteiger partial charge is 0.302 e. The van der Waals surface area contributed by atoms with E-state index in [9.17, 15) is 12.3 Å². The lowest BCUT2D eigenvalue weighted by atomic mass is 10.1. The highest BCUT2D eigenvalue weighted by atomic mass is 32.3. The van der Waals surface area contributed by atoms with Gasteiger partial charge in [0.2, 0.25) is 0 Å². The molecular formula is C12H17FO2S. The third-order valence-corrected chi connectivity index (χ3v) is 3.25. The van der Waals surface area contributed by atoms with E-state index in [-0.39, 0.29) is 5.75 Å². The number of halogens is 1. The summed E-state index contributed by atoms with van der Waals surface area (Å²) in [5.41, 5.74) is 2.47. The van der Waals surface area contributed by atoms with Crippen LogP contribution in [0.3, 0.4) is 0 Å². The predicted molar refractivity (Wildman–Crippen MR) is 63.6 cm³/mol. The number of rotatable bonds is 6. The van der Waals surface area contributed by atoms with E-state index in [1.165, 1.54) is 11.1 Å². The summed E-state index contributed by atoms with van der Waals surface area (Å²) in [6, 6.07) is 8.26. The highest BCUT2D eigenvalue weighted by Gasteiger charge is 2.05. The summed E-state index contributed by atoms with van der Waals surface area (Å²) in [6.07, 6.45) is 2.98. The molecule has 2 nitrogen and oxygen atoms in total. The zero-order valence-electron chi connectivity index (χ0n) is 9.45. The Morgan fingerprint density at radius 1 is 1.06 bits per heavy atom. The molecule has 0 amide bonds. The number of aryl methyl sites for hydroxylation is 2. The molecule has 0 spiro atoms. The van der Waals surface area contributed by atoms with Gasteiger partial charge < -0.3 is 0 Å². The Bertz CT molecular complexity index is 409. The Morgan fingerprint density at radius 2 is 1.69 bits per heavy atom. The van der Waals surface area contributed by atoms with Gasteiger partial charge in [-0.1, -0.05) is 36.2 Å². The summed E-state index contributed by atoms with van der Waals surface area (Å²) < 4.78 is 32.6. The van der Waals surface area contributed by atoms with Gasteiger partial charge >= 0.3 is 10.2 Å². The van der Waals surface area contributed by atoms with E-state index >= 15 is 0 Å². The molecule has 1 aromatic carbocycles. The van der Waals surface area contributed by atoms with E-state index in [0.717, 1.165) is 19.3 Å². The van der Waals surface area contributed by atoms with Crippen LogP contribution < -0.4 is 0 Å². The monoisotopic (exact) mass is 244 g/mol. The number of hydrogen-bond acceptors (Lipinski definition) is 2. The first-order valence-electron chi connectivity index (χ1n) is 5.45. The molecule has 0 radical (unpaired) electrons. The first-order chi connectivity index (χ1) is 7.47. The van der Waals surface area contributed by atoms with Gasteiger partial charge in [0.1, 0.15) is 0 Å². The fourth-order valence-corrected chi connectivity index (χ4v) is 2.08. The van der Waals surface area contributed by atoms with Crippen molar-refractivity contribution in [2.24, 2.45) is 0 Å². The number of benzene rings is 1. The van der Waals surface area contributed by atoms with Crippen LogP contribution in [0, 0.1) is 6.92 Å². The molecule has 0 N–H and O–H groups in total. The predicted octanol–water partition coefficient (Wildman–Crippen LogP) is 3.01. The maximum Gasteiger partial charge on any atom is 0.302 e. The molecule has 90 valence electrons.